The normalized spacial score (nSPS) is 12.0. The van der Waals surface area contributed by atoms with Gasteiger partial charge in [-0.25, -0.2) is 9.37 Å². The third kappa shape index (κ3) is 2.82. The average Bonchev–Trinajstić information content (AvgIpc) is 2.46. The SMILES string of the molecule is COc1ccc(C(O)c2ccc(OC)nc2)c(F)c1. The molecule has 0 radical (unpaired) electrons. The van der Waals surface area contributed by atoms with Crippen molar-refractivity contribution in [2.45, 2.75) is 6.10 Å². The van der Waals surface area contributed by atoms with Crippen molar-refractivity contribution in [1.29, 1.82) is 0 Å². The van der Waals surface area contributed by atoms with E-state index < -0.39 is 11.9 Å². The molecule has 0 fully saturated rings. The van der Waals surface area contributed by atoms with E-state index in [1.807, 2.05) is 0 Å². The van der Waals surface area contributed by atoms with Gasteiger partial charge in [-0.1, -0.05) is 0 Å². The lowest BCUT2D eigenvalue weighted by Crippen LogP contribution is -2.03. The second kappa shape index (κ2) is 5.67. The molecular formula is C14H14FNO3. The van der Waals surface area contributed by atoms with E-state index in [1.165, 1.54) is 32.5 Å². The van der Waals surface area contributed by atoms with Gasteiger partial charge >= 0.3 is 0 Å². The van der Waals surface area contributed by atoms with Crippen LogP contribution in [0.1, 0.15) is 17.2 Å². The van der Waals surface area contributed by atoms with E-state index in [9.17, 15) is 9.50 Å². The summed E-state index contributed by atoms with van der Waals surface area (Å²) in [7, 11) is 2.96. The van der Waals surface area contributed by atoms with Crippen molar-refractivity contribution in [2.24, 2.45) is 0 Å². The highest BCUT2D eigenvalue weighted by molar-refractivity contribution is 5.35. The Hall–Kier alpha value is -2.14. The summed E-state index contributed by atoms with van der Waals surface area (Å²) in [6.45, 7) is 0. The Morgan fingerprint density at radius 1 is 1.16 bits per heavy atom. The van der Waals surface area contributed by atoms with E-state index in [0.717, 1.165) is 0 Å². The van der Waals surface area contributed by atoms with E-state index in [-0.39, 0.29) is 5.56 Å². The average molecular weight is 263 g/mol. The first-order valence-corrected chi connectivity index (χ1v) is 5.67. The molecule has 2 aromatic rings. The van der Waals surface area contributed by atoms with Gasteiger partial charge in [0.15, 0.2) is 0 Å². The number of aromatic nitrogens is 1. The monoisotopic (exact) mass is 263 g/mol. The maximum absolute atomic E-state index is 13.8. The van der Waals surface area contributed by atoms with Crippen molar-refractivity contribution in [3.8, 4) is 11.6 Å². The Bertz CT molecular complexity index is 557. The largest absolute Gasteiger partial charge is 0.497 e. The molecule has 1 unspecified atom stereocenters. The topological polar surface area (TPSA) is 51.6 Å². The molecule has 19 heavy (non-hydrogen) atoms. The summed E-state index contributed by atoms with van der Waals surface area (Å²) in [5.74, 6) is 0.315. The number of halogens is 1. The molecule has 4 nitrogen and oxygen atoms in total. The number of methoxy groups -OCH3 is 2. The Labute approximate surface area is 110 Å². The lowest BCUT2D eigenvalue weighted by atomic mass is 10.0. The summed E-state index contributed by atoms with van der Waals surface area (Å²) in [5, 5.41) is 10.1. The molecule has 0 aliphatic rings. The molecule has 1 aromatic carbocycles. The van der Waals surface area contributed by atoms with Crippen LogP contribution < -0.4 is 9.47 Å². The minimum absolute atomic E-state index is 0.174. The number of aliphatic hydroxyl groups excluding tert-OH is 1. The quantitative estimate of drug-likeness (QED) is 0.919. The fraction of sp³-hybridized carbons (Fsp3) is 0.214. The molecule has 5 heteroatoms. The van der Waals surface area contributed by atoms with Gasteiger partial charge in [-0.15, -0.1) is 0 Å². The van der Waals surface area contributed by atoms with Crippen molar-refractivity contribution < 1.29 is 19.0 Å². The van der Waals surface area contributed by atoms with E-state index in [0.29, 0.717) is 17.2 Å². The maximum atomic E-state index is 13.8. The summed E-state index contributed by atoms with van der Waals surface area (Å²) >= 11 is 0. The molecule has 0 aliphatic heterocycles. The zero-order valence-corrected chi connectivity index (χ0v) is 10.6. The zero-order valence-electron chi connectivity index (χ0n) is 10.6. The van der Waals surface area contributed by atoms with Crippen molar-refractivity contribution in [3.63, 3.8) is 0 Å². The number of ether oxygens (including phenoxy) is 2. The number of aliphatic hydroxyl groups is 1. The molecule has 1 heterocycles. The highest BCUT2D eigenvalue weighted by Gasteiger charge is 2.16. The Balaban J connectivity index is 2.29. The highest BCUT2D eigenvalue weighted by atomic mass is 19.1. The number of pyridine rings is 1. The Morgan fingerprint density at radius 3 is 2.47 bits per heavy atom. The van der Waals surface area contributed by atoms with Crippen LogP contribution >= 0.6 is 0 Å². The van der Waals surface area contributed by atoms with Gasteiger partial charge in [-0.2, -0.15) is 0 Å². The lowest BCUT2D eigenvalue weighted by molar-refractivity contribution is 0.214. The first-order chi connectivity index (χ1) is 9.15. The van der Waals surface area contributed by atoms with Crippen LogP contribution in [0.15, 0.2) is 36.5 Å². The predicted octanol–water partition coefficient (Wildman–Crippen LogP) is 2.32. The summed E-state index contributed by atoms with van der Waals surface area (Å²) in [6, 6.07) is 7.57. The van der Waals surface area contributed by atoms with Gasteiger partial charge < -0.3 is 14.6 Å². The molecule has 0 bridgehead atoms. The molecule has 2 rings (SSSR count). The number of nitrogens with zero attached hydrogens (tertiary/aromatic N) is 1. The number of benzene rings is 1. The minimum Gasteiger partial charge on any atom is -0.497 e. The smallest absolute Gasteiger partial charge is 0.212 e. The van der Waals surface area contributed by atoms with E-state index in [4.69, 9.17) is 9.47 Å². The second-order valence-electron chi connectivity index (χ2n) is 3.92. The zero-order chi connectivity index (χ0) is 13.8. The van der Waals surface area contributed by atoms with Gasteiger partial charge in [-0.3, -0.25) is 0 Å². The van der Waals surface area contributed by atoms with Gasteiger partial charge in [0, 0.05) is 29.5 Å². The molecule has 1 aromatic heterocycles. The van der Waals surface area contributed by atoms with Crippen LogP contribution in [0.4, 0.5) is 4.39 Å². The first kappa shape index (κ1) is 13.3. The fourth-order valence-corrected chi connectivity index (χ4v) is 1.71. The number of hydrogen-bond acceptors (Lipinski definition) is 4. The summed E-state index contributed by atoms with van der Waals surface area (Å²) in [5.41, 5.74) is 0.664. The van der Waals surface area contributed by atoms with Crippen LogP contribution in [0.25, 0.3) is 0 Å². The van der Waals surface area contributed by atoms with Gasteiger partial charge in [-0.05, 0) is 18.2 Å². The fourth-order valence-electron chi connectivity index (χ4n) is 1.71. The van der Waals surface area contributed by atoms with Crippen molar-refractivity contribution in [3.05, 3.63) is 53.5 Å². The first-order valence-electron chi connectivity index (χ1n) is 5.67. The van der Waals surface area contributed by atoms with Crippen LogP contribution in [0.2, 0.25) is 0 Å². The highest BCUT2D eigenvalue weighted by Crippen LogP contribution is 2.27. The summed E-state index contributed by atoms with van der Waals surface area (Å²) in [6.07, 6.45) is 0.372. The molecule has 0 amide bonds. The molecule has 0 spiro atoms. The summed E-state index contributed by atoms with van der Waals surface area (Å²) < 4.78 is 23.7. The minimum atomic E-state index is -1.08. The molecule has 0 aliphatic carbocycles. The van der Waals surface area contributed by atoms with Crippen LogP contribution in [0, 0.1) is 5.82 Å². The molecule has 0 saturated carbocycles. The standard InChI is InChI=1S/C14H14FNO3/c1-18-10-4-5-11(12(15)7-10)14(17)9-3-6-13(19-2)16-8-9/h3-8,14,17H,1-2H3. The molecule has 0 saturated heterocycles. The molecule has 100 valence electrons. The molecule has 1 atom stereocenters. The molecule has 1 N–H and O–H groups in total. The van der Waals surface area contributed by atoms with Gasteiger partial charge in [0.1, 0.15) is 17.7 Å². The third-order valence-electron chi connectivity index (χ3n) is 2.79. The summed E-state index contributed by atoms with van der Waals surface area (Å²) in [4.78, 5) is 3.98. The van der Waals surface area contributed by atoms with Crippen molar-refractivity contribution in [1.82, 2.24) is 4.98 Å². The Morgan fingerprint density at radius 2 is 1.95 bits per heavy atom. The van der Waals surface area contributed by atoms with Crippen LogP contribution in [-0.4, -0.2) is 24.3 Å². The number of hydrogen-bond donors (Lipinski definition) is 1. The van der Waals surface area contributed by atoms with Gasteiger partial charge in [0.2, 0.25) is 5.88 Å². The van der Waals surface area contributed by atoms with E-state index in [2.05, 4.69) is 4.98 Å². The lowest BCUT2D eigenvalue weighted by Gasteiger charge is -2.13. The van der Waals surface area contributed by atoms with Gasteiger partial charge in [0.05, 0.1) is 14.2 Å². The van der Waals surface area contributed by atoms with Crippen LogP contribution in [-0.2, 0) is 0 Å². The van der Waals surface area contributed by atoms with Crippen molar-refractivity contribution in [2.75, 3.05) is 14.2 Å². The van der Waals surface area contributed by atoms with Crippen LogP contribution in [0.5, 0.6) is 11.6 Å². The number of rotatable bonds is 4. The van der Waals surface area contributed by atoms with Gasteiger partial charge in [0.25, 0.3) is 0 Å². The molecular weight excluding hydrogens is 249 g/mol. The van der Waals surface area contributed by atoms with Crippen molar-refractivity contribution >= 4 is 0 Å². The third-order valence-corrected chi connectivity index (χ3v) is 2.79. The predicted molar refractivity (Wildman–Crippen MR) is 67.8 cm³/mol. The maximum Gasteiger partial charge on any atom is 0.212 e. The second-order valence-corrected chi connectivity index (χ2v) is 3.92. The Kier molecular flexibility index (Phi) is 3.97. The van der Waals surface area contributed by atoms with Crippen LogP contribution in [0.3, 0.4) is 0 Å². The van der Waals surface area contributed by atoms with E-state index in [1.54, 1.807) is 18.2 Å². The van der Waals surface area contributed by atoms with E-state index >= 15 is 0 Å².